The van der Waals surface area contributed by atoms with E-state index in [0.29, 0.717) is 12.8 Å². The number of aliphatic hydroxyl groups excluding tert-OH is 1. The van der Waals surface area contributed by atoms with Crippen molar-refractivity contribution in [3.63, 3.8) is 0 Å². The third-order valence-electron chi connectivity index (χ3n) is 10.3. The van der Waals surface area contributed by atoms with Crippen molar-refractivity contribution in [2.24, 2.45) is 22.7 Å². The van der Waals surface area contributed by atoms with Crippen LogP contribution in [0.3, 0.4) is 0 Å². The maximum Gasteiger partial charge on any atom is 0.307 e. The standard InChI is InChI=1S/C28H34F2O7S/c1-24(2)36-21-11-15-16-10-18(29)17-9-14(31)7-8-25(17,3)27(16,30)19(32)12-26(15,4)28(21,37-24)20(33)13-38-23-6-5-22(34)35-23/h7-9,15-16,18-19,21,23,32H,5-6,10-13H2,1-4H3/t15-,16-,18-,19-,21+,23?,25-,26-,27-,28+/m0/s1. The zero-order valence-electron chi connectivity index (χ0n) is 22.0. The Morgan fingerprint density at radius 1 is 1.18 bits per heavy atom. The summed E-state index contributed by atoms with van der Waals surface area (Å²) in [6, 6.07) is 0. The van der Waals surface area contributed by atoms with Crippen LogP contribution in [0.25, 0.3) is 0 Å². The number of esters is 1. The fourth-order valence-corrected chi connectivity index (χ4v) is 9.71. The van der Waals surface area contributed by atoms with Crippen molar-refractivity contribution in [2.45, 2.75) is 101 Å². The van der Waals surface area contributed by atoms with Crippen LogP contribution in [0.15, 0.2) is 23.8 Å². The van der Waals surface area contributed by atoms with Crippen molar-refractivity contribution < 1.29 is 42.5 Å². The highest BCUT2D eigenvalue weighted by Gasteiger charge is 2.80. The van der Waals surface area contributed by atoms with Gasteiger partial charge in [0.1, 0.15) is 11.6 Å². The lowest BCUT2D eigenvalue weighted by molar-refractivity contribution is -0.247. The van der Waals surface area contributed by atoms with E-state index in [4.69, 9.17) is 14.2 Å². The molecule has 0 spiro atoms. The average molecular weight is 553 g/mol. The number of carbonyl (C=O) groups is 3. The van der Waals surface area contributed by atoms with E-state index < -0.39 is 69.3 Å². The van der Waals surface area contributed by atoms with Gasteiger partial charge in [0.2, 0.25) is 0 Å². The van der Waals surface area contributed by atoms with Crippen molar-refractivity contribution >= 4 is 29.3 Å². The number of carbonyl (C=O) groups excluding carboxylic acids is 3. The summed E-state index contributed by atoms with van der Waals surface area (Å²) in [7, 11) is 0. The van der Waals surface area contributed by atoms with E-state index in [-0.39, 0.29) is 42.3 Å². The van der Waals surface area contributed by atoms with E-state index >= 15 is 8.78 Å². The highest BCUT2D eigenvalue weighted by atomic mass is 32.2. The Morgan fingerprint density at radius 2 is 1.92 bits per heavy atom. The van der Waals surface area contributed by atoms with E-state index in [1.807, 2.05) is 6.92 Å². The number of ketones is 2. The molecule has 10 atom stereocenters. The third kappa shape index (κ3) is 3.26. The van der Waals surface area contributed by atoms with Gasteiger partial charge in [-0.2, -0.15) is 0 Å². The predicted octanol–water partition coefficient (Wildman–Crippen LogP) is 3.77. The Kier molecular flexibility index (Phi) is 5.74. The molecular formula is C28H34F2O7S. The number of aliphatic hydroxyl groups is 1. The molecule has 2 aliphatic heterocycles. The number of ether oxygens (including phenoxy) is 3. The van der Waals surface area contributed by atoms with Crippen molar-refractivity contribution in [1.82, 2.24) is 0 Å². The SMILES string of the molecule is CC1(C)O[C@@H]2C[C@H]3[C@@H]4C[C@H](F)C5=CC(=O)C=C[C@]5(C)[C@@]4(F)[C@@H](O)C[C@]3(C)[C@]2(C(=O)CSC2CCC(=O)O2)O1. The molecule has 0 bridgehead atoms. The molecular weight excluding hydrogens is 518 g/mol. The van der Waals surface area contributed by atoms with Crippen LogP contribution in [0.1, 0.15) is 59.8 Å². The third-order valence-corrected chi connectivity index (χ3v) is 11.4. The number of allylic oxidation sites excluding steroid dienone is 4. The lowest BCUT2D eigenvalue weighted by Crippen LogP contribution is -2.71. The Labute approximate surface area is 224 Å². The molecule has 10 heteroatoms. The summed E-state index contributed by atoms with van der Waals surface area (Å²) < 4.78 is 51.2. The number of thioether (sulfide) groups is 1. The molecule has 0 aromatic rings. The Bertz CT molecular complexity index is 1170. The second-order valence-electron chi connectivity index (χ2n) is 12.6. The van der Waals surface area contributed by atoms with E-state index in [1.54, 1.807) is 20.8 Å². The van der Waals surface area contributed by atoms with Gasteiger partial charge in [0.25, 0.3) is 0 Å². The lowest BCUT2D eigenvalue weighted by atomic mass is 9.44. The molecule has 3 saturated carbocycles. The fraction of sp³-hybridized carbons (Fsp3) is 0.750. The normalized spacial score (nSPS) is 50.6. The van der Waals surface area contributed by atoms with Gasteiger partial charge in [0, 0.05) is 29.6 Å². The minimum absolute atomic E-state index is 0.00108. The molecule has 38 heavy (non-hydrogen) atoms. The second-order valence-corrected chi connectivity index (χ2v) is 13.8. The van der Waals surface area contributed by atoms with Gasteiger partial charge in [0.15, 0.2) is 28.6 Å². The molecule has 5 fully saturated rings. The summed E-state index contributed by atoms with van der Waals surface area (Å²) in [5, 5.41) is 11.6. The first-order valence-corrected chi connectivity index (χ1v) is 14.4. The quantitative estimate of drug-likeness (QED) is 0.527. The first-order valence-electron chi connectivity index (χ1n) is 13.4. The minimum atomic E-state index is -2.24. The van der Waals surface area contributed by atoms with Crippen molar-refractivity contribution in [1.29, 1.82) is 0 Å². The largest absolute Gasteiger partial charge is 0.451 e. The Balaban J connectivity index is 1.39. The number of rotatable bonds is 4. The molecule has 0 aromatic carbocycles. The zero-order valence-corrected chi connectivity index (χ0v) is 22.8. The maximum atomic E-state index is 17.4. The van der Waals surface area contributed by atoms with Crippen LogP contribution in [-0.4, -0.2) is 69.3 Å². The van der Waals surface area contributed by atoms with Gasteiger partial charge in [-0.05, 0) is 63.7 Å². The number of hydrogen-bond acceptors (Lipinski definition) is 8. The molecule has 0 aromatic heterocycles. The van der Waals surface area contributed by atoms with Gasteiger partial charge >= 0.3 is 5.97 Å². The van der Waals surface area contributed by atoms with Gasteiger partial charge in [0.05, 0.1) is 18.0 Å². The average Bonchev–Trinajstić information content (AvgIpc) is 3.44. The first-order chi connectivity index (χ1) is 17.7. The number of alkyl halides is 2. The molecule has 208 valence electrons. The van der Waals surface area contributed by atoms with Crippen LogP contribution < -0.4 is 0 Å². The van der Waals surface area contributed by atoms with Gasteiger partial charge in [-0.25, -0.2) is 8.78 Å². The van der Waals surface area contributed by atoms with Crippen molar-refractivity contribution in [3.05, 3.63) is 23.8 Å². The first kappa shape index (κ1) is 26.6. The van der Waals surface area contributed by atoms with Gasteiger partial charge in [-0.3, -0.25) is 14.4 Å². The van der Waals surface area contributed by atoms with Gasteiger partial charge < -0.3 is 19.3 Å². The molecule has 2 heterocycles. The maximum absolute atomic E-state index is 17.4. The summed E-state index contributed by atoms with van der Waals surface area (Å²) in [5.74, 6) is -3.48. The molecule has 0 amide bonds. The Hall–Kier alpha value is -1.62. The molecule has 6 rings (SSSR count). The number of cyclic esters (lactones) is 1. The van der Waals surface area contributed by atoms with Crippen LogP contribution in [0.2, 0.25) is 0 Å². The summed E-state index contributed by atoms with van der Waals surface area (Å²) in [5.41, 5.74) is -6.61. The monoisotopic (exact) mass is 552 g/mol. The number of hydrogen-bond donors (Lipinski definition) is 1. The number of Topliss-reactive ketones (excluding diaryl/α,β-unsaturated/α-hetero) is 1. The van der Waals surface area contributed by atoms with E-state index in [1.165, 1.54) is 30.0 Å². The summed E-state index contributed by atoms with van der Waals surface area (Å²) in [4.78, 5) is 37.7. The highest BCUT2D eigenvalue weighted by molar-refractivity contribution is 8.00. The molecule has 0 radical (unpaired) electrons. The zero-order chi connectivity index (χ0) is 27.5. The predicted molar refractivity (Wildman–Crippen MR) is 133 cm³/mol. The van der Waals surface area contributed by atoms with Crippen LogP contribution in [-0.2, 0) is 28.6 Å². The topological polar surface area (TPSA) is 99.1 Å². The molecule has 1 N–H and O–H groups in total. The van der Waals surface area contributed by atoms with E-state index in [0.717, 1.165) is 0 Å². The summed E-state index contributed by atoms with van der Waals surface area (Å²) >= 11 is 1.23. The van der Waals surface area contributed by atoms with E-state index in [9.17, 15) is 19.5 Å². The molecule has 1 unspecified atom stereocenters. The van der Waals surface area contributed by atoms with Crippen molar-refractivity contribution in [3.8, 4) is 0 Å². The van der Waals surface area contributed by atoms with Crippen LogP contribution in [0.4, 0.5) is 8.78 Å². The van der Waals surface area contributed by atoms with Gasteiger partial charge in [-0.1, -0.05) is 13.0 Å². The van der Waals surface area contributed by atoms with Gasteiger partial charge in [-0.15, -0.1) is 11.8 Å². The second kappa shape index (κ2) is 8.21. The molecule has 2 saturated heterocycles. The fourth-order valence-electron chi connectivity index (χ4n) is 8.70. The summed E-state index contributed by atoms with van der Waals surface area (Å²) in [6.07, 6.45) is 0.830. The molecule has 4 aliphatic carbocycles. The van der Waals surface area contributed by atoms with Crippen LogP contribution >= 0.6 is 11.8 Å². The summed E-state index contributed by atoms with van der Waals surface area (Å²) in [6.45, 7) is 6.84. The smallest absolute Gasteiger partial charge is 0.307 e. The van der Waals surface area contributed by atoms with Crippen LogP contribution in [0, 0.1) is 22.7 Å². The minimum Gasteiger partial charge on any atom is -0.451 e. The lowest BCUT2D eigenvalue weighted by Gasteiger charge is -2.63. The molecule has 6 aliphatic rings. The Morgan fingerprint density at radius 3 is 2.61 bits per heavy atom. The number of fused-ring (bicyclic) bond motifs is 7. The number of halogens is 2. The highest BCUT2D eigenvalue weighted by Crippen LogP contribution is 2.72. The van der Waals surface area contributed by atoms with Crippen molar-refractivity contribution in [2.75, 3.05) is 5.75 Å². The van der Waals surface area contributed by atoms with Crippen LogP contribution in [0.5, 0.6) is 0 Å². The molecule has 7 nitrogen and oxygen atoms in total. The van der Waals surface area contributed by atoms with E-state index in [2.05, 4.69) is 0 Å².